The molecule has 0 aliphatic rings. The zero-order valence-electron chi connectivity index (χ0n) is 22.7. The summed E-state index contributed by atoms with van der Waals surface area (Å²) in [5.74, 6) is 0. The minimum Gasteiger partial charge on any atom is -0.308 e. The predicted octanol–water partition coefficient (Wildman–Crippen LogP) is 8.40. The van der Waals surface area contributed by atoms with Crippen molar-refractivity contribution in [1.82, 2.24) is 14.5 Å². The molecule has 4 aromatic carbocycles. The lowest BCUT2D eigenvalue weighted by molar-refractivity contribution is -0.143. The quantitative estimate of drug-likeness (QED) is 0.186. The van der Waals surface area contributed by atoms with Gasteiger partial charge in [-0.2, -0.15) is 26.3 Å². The van der Waals surface area contributed by atoms with Gasteiger partial charge in [-0.05, 0) is 59.2 Å². The first kappa shape index (κ1) is 29.8. The third kappa shape index (κ3) is 6.50. The lowest BCUT2D eigenvalue weighted by Crippen LogP contribution is -2.21. The van der Waals surface area contributed by atoms with Gasteiger partial charge >= 0.3 is 18.4 Å². The van der Waals surface area contributed by atoms with Crippen molar-refractivity contribution >= 4 is 49.3 Å². The minimum absolute atomic E-state index is 0.0272. The number of carbonyl (C=O) groups is 1. The van der Waals surface area contributed by atoms with E-state index >= 15 is 0 Å². The van der Waals surface area contributed by atoms with Crippen LogP contribution in [0.4, 0.5) is 42.0 Å². The number of hydrogen-bond donors (Lipinski definition) is 2. The van der Waals surface area contributed by atoms with E-state index in [0.717, 1.165) is 16.9 Å². The number of nitrogens with zero attached hydrogens (tertiary/aromatic N) is 3. The molecule has 0 atom stereocenters. The number of benzene rings is 4. The summed E-state index contributed by atoms with van der Waals surface area (Å²) >= 11 is 1.06. The van der Waals surface area contributed by atoms with Gasteiger partial charge in [0, 0.05) is 5.69 Å². The van der Waals surface area contributed by atoms with E-state index in [1.165, 1.54) is 10.9 Å². The van der Waals surface area contributed by atoms with Gasteiger partial charge in [0.25, 0.3) is 5.56 Å². The van der Waals surface area contributed by atoms with Crippen molar-refractivity contribution in [2.75, 3.05) is 10.6 Å². The molecule has 0 saturated heterocycles. The lowest BCUT2D eigenvalue weighted by atomic mass is 10.0. The Kier molecular flexibility index (Phi) is 7.52. The van der Waals surface area contributed by atoms with Gasteiger partial charge in [-0.15, -0.1) is 0 Å². The molecular weight excluding hydrogens is 620 g/mol. The van der Waals surface area contributed by atoms with E-state index in [-0.39, 0.29) is 16.8 Å². The maximum atomic E-state index is 13.3. The predicted molar refractivity (Wildman–Crippen MR) is 159 cm³/mol. The van der Waals surface area contributed by atoms with E-state index in [0.29, 0.717) is 50.9 Å². The fourth-order valence-corrected chi connectivity index (χ4v) is 5.52. The number of halogens is 6. The van der Waals surface area contributed by atoms with Crippen LogP contribution in [-0.2, 0) is 18.9 Å². The molecule has 14 heteroatoms. The fraction of sp³-hybridized carbons (Fsp3) is 0.0968. The second-order valence-electron chi connectivity index (χ2n) is 9.97. The van der Waals surface area contributed by atoms with E-state index in [1.54, 1.807) is 36.4 Å². The molecule has 0 spiro atoms. The molecule has 2 heterocycles. The number of carbonyl (C=O) groups excluding carboxylic acids is 1. The summed E-state index contributed by atoms with van der Waals surface area (Å²) < 4.78 is 81.2. The summed E-state index contributed by atoms with van der Waals surface area (Å²) in [4.78, 5) is 34.5. The van der Waals surface area contributed by atoms with E-state index in [1.807, 2.05) is 35.6 Å². The molecule has 0 bridgehead atoms. The fourth-order valence-electron chi connectivity index (χ4n) is 4.68. The third-order valence-electron chi connectivity index (χ3n) is 6.81. The molecule has 2 aromatic heterocycles. The molecule has 0 unspecified atom stereocenters. The molecule has 0 aliphatic carbocycles. The second-order valence-corrected chi connectivity index (χ2v) is 11.0. The monoisotopic (exact) mass is 639 g/mol. The Morgan fingerprint density at radius 1 is 0.778 bits per heavy atom. The Hall–Kier alpha value is -5.24. The number of alkyl halides is 6. The maximum absolute atomic E-state index is 13.3. The molecule has 45 heavy (non-hydrogen) atoms. The van der Waals surface area contributed by atoms with Crippen LogP contribution >= 0.6 is 11.3 Å². The van der Waals surface area contributed by atoms with Crippen molar-refractivity contribution in [3.63, 3.8) is 0 Å². The smallest absolute Gasteiger partial charge is 0.308 e. The van der Waals surface area contributed by atoms with Crippen LogP contribution in [0.15, 0.2) is 96.1 Å². The second kappa shape index (κ2) is 11.4. The molecule has 0 aliphatic heterocycles. The number of anilines is 2. The van der Waals surface area contributed by atoms with Gasteiger partial charge in [0.2, 0.25) is 0 Å². The highest BCUT2D eigenvalue weighted by atomic mass is 32.1. The van der Waals surface area contributed by atoms with Gasteiger partial charge in [-0.1, -0.05) is 53.8 Å². The minimum atomic E-state index is -5.06. The number of nitrogens with one attached hydrogen (secondary N) is 2. The Bertz CT molecular complexity index is 2090. The molecule has 7 nitrogen and oxygen atoms in total. The standard InChI is InChI=1S/C31H19F6N5O2S/c32-30(33,34)20-12-21(31(35,36)37)14-22(13-20)39-28(44)41-29-40-25-11-19(7-9-26(25)45-29)18-6-8-24-23(10-18)27(43)42(16-38-24)15-17-4-2-1-3-5-17/h1-14,16H,15H2,(H2,39,40,41,44). The SMILES string of the molecule is O=C(Nc1cc(C(F)(F)F)cc(C(F)(F)F)c1)Nc1nc2cc(-c3ccc4ncn(Cc5ccccc5)c(=O)c4c3)ccc2s1. The number of hydrogen-bond acceptors (Lipinski definition) is 5. The van der Waals surface area contributed by atoms with Gasteiger partial charge < -0.3 is 5.32 Å². The highest BCUT2D eigenvalue weighted by molar-refractivity contribution is 7.22. The molecule has 0 saturated carbocycles. The van der Waals surface area contributed by atoms with E-state index in [9.17, 15) is 35.9 Å². The zero-order chi connectivity index (χ0) is 31.9. The summed E-state index contributed by atoms with van der Waals surface area (Å²) in [5, 5.41) is 4.86. The van der Waals surface area contributed by atoms with Gasteiger partial charge in [0.15, 0.2) is 5.13 Å². The summed E-state index contributed by atoms with van der Waals surface area (Å²) in [6.45, 7) is 0.359. The molecule has 228 valence electrons. The van der Waals surface area contributed by atoms with Crippen molar-refractivity contribution in [3.8, 4) is 11.1 Å². The van der Waals surface area contributed by atoms with Gasteiger partial charge in [0.05, 0.1) is 45.1 Å². The van der Waals surface area contributed by atoms with E-state index in [2.05, 4.69) is 15.3 Å². The number of thiazole rings is 1. The van der Waals surface area contributed by atoms with Crippen LogP contribution in [0.5, 0.6) is 0 Å². The van der Waals surface area contributed by atoms with E-state index in [4.69, 9.17) is 0 Å². The summed E-state index contributed by atoms with van der Waals surface area (Å²) in [7, 11) is 0. The number of rotatable bonds is 5. The van der Waals surface area contributed by atoms with Crippen LogP contribution in [-0.4, -0.2) is 20.6 Å². The Labute approximate surface area is 253 Å². The number of fused-ring (bicyclic) bond motifs is 2. The topological polar surface area (TPSA) is 88.9 Å². The summed E-state index contributed by atoms with van der Waals surface area (Å²) in [5.41, 5.74) is -0.627. The van der Waals surface area contributed by atoms with Crippen molar-refractivity contribution in [2.24, 2.45) is 0 Å². The molecular formula is C31H19F6N5O2S. The van der Waals surface area contributed by atoms with Crippen molar-refractivity contribution in [1.29, 1.82) is 0 Å². The van der Waals surface area contributed by atoms with Crippen LogP contribution < -0.4 is 16.2 Å². The number of amides is 2. The molecule has 2 N–H and O–H groups in total. The van der Waals surface area contributed by atoms with Crippen molar-refractivity contribution in [3.05, 3.63) is 118 Å². The van der Waals surface area contributed by atoms with E-state index < -0.39 is 35.2 Å². The highest BCUT2D eigenvalue weighted by Gasteiger charge is 2.37. The molecule has 2 amide bonds. The van der Waals surface area contributed by atoms with Crippen molar-refractivity contribution < 1.29 is 31.1 Å². The number of aromatic nitrogens is 3. The number of urea groups is 1. The average molecular weight is 640 g/mol. The zero-order valence-corrected chi connectivity index (χ0v) is 23.5. The first-order valence-electron chi connectivity index (χ1n) is 13.1. The van der Waals surface area contributed by atoms with Gasteiger partial charge in [0.1, 0.15) is 0 Å². The highest BCUT2D eigenvalue weighted by Crippen LogP contribution is 2.38. The first-order valence-corrected chi connectivity index (χ1v) is 14.0. The van der Waals surface area contributed by atoms with Crippen LogP contribution in [0.25, 0.3) is 32.2 Å². The average Bonchev–Trinajstić information content (AvgIpc) is 3.39. The van der Waals surface area contributed by atoms with Crippen LogP contribution in [0.2, 0.25) is 0 Å². The third-order valence-corrected chi connectivity index (χ3v) is 7.76. The Morgan fingerprint density at radius 3 is 2.13 bits per heavy atom. The summed E-state index contributed by atoms with van der Waals surface area (Å²) in [6.07, 6.45) is -8.61. The summed E-state index contributed by atoms with van der Waals surface area (Å²) in [6, 6.07) is 19.8. The maximum Gasteiger partial charge on any atom is 0.416 e. The normalized spacial score (nSPS) is 12.0. The van der Waals surface area contributed by atoms with Crippen molar-refractivity contribution in [2.45, 2.75) is 18.9 Å². The molecule has 6 rings (SSSR count). The lowest BCUT2D eigenvalue weighted by Gasteiger charge is -2.14. The van der Waals surface area contributed by atoms with Crippen LogP contribution in [0.3, 0.4) is 0 Å². The molecule has 0 radical (unpaired) electrons. The Balaban J connectivity index is 1.23. The first-order chi connectivity index (χ1) is 21.3. The van der Waals surface area contributed by atoms with Gasteiger partial charge in [-0.25, -0.2) is 14.8 Å². The van der Waals surface area contributed by atoms with Crippen LogP contribution in [0.1, 0.15) is 16.7 Å². The van der Waals surface area contributed by atoms with Gasteiger partial charge in [-0.3, -0.25) is 14.7 Å². The molecule has 6 aromatic rings. The Morgan fingerprint density at radius 2 is 1.44 bits per heavy atom. The largest absolute Gasteiger partial charge is 0.416 e. The molecule has 0 fully saturated rings. The van der Waals surface area contributed by atoms with Crippen LogP contribution in [0, 0.1) is 0 Å².